The second kappa shape index (κ2) is 7.96. The van der Waals surface area contributed by atoms with Gasteiger partial charge in [-0.3, -0.25) is 24.1 Å². The monoisotopic (exact) mass is 487 g/mol. The number of benzene rings is 2. The van der Waals surface area contributed by atoms with E-state index in [9.17, 15) is 19.2 Å². The maximum atomic E-state index is 12.6. The van der Waals surface area contributed by atoms with Crippen LogP contribution in [0.1, 0.15) is 20.7 Å². The van der Waals surface area contributed by atoms with Gasteiger partial charge in [-0.05, 0) is 30.3 Å². The van der Waals surface area contributed by atoms with Gasteiger partial charge in [0.15, 0.2) is 4.80 Å². The third-order valence-electron chi connectivity index (χ3n) is 4.55. The molecule has 4 rings (SSSR count). The predicted molar refractivity (Wildman–Crippen MR) is 112 cm³/mol. The van der Waals surface area contributed by atoms with Gasteiger partial charge in [-0.1, -0.05) is 39.4 Å². The minimum atomic E-state index is -0.672. The predicted octanol–water partition coefficient (Wildman–Crippen LogP) is 2.36. The van der Waals surface area contributed by atoms with Crippen LogP contribution in [0.5, 0.6) is 0 Å². The van der Waals surface area contributed by atoms with Gasteiger partial charge in [-0.15, -0.1) is 0 Å². The van der Waals surface area contributed by atoms with E-state index in [1.807, 2.05) is 12.1 Å². The second-order valence-corrected chi connectivity index (χ2v) is 8.33. The molecule has 0 spiro atoms. The van der Waals surface area contributed by atoms with E-state index in [1.54, 1.807) is 34.9 Å². The molecule has 0 bridgehead atoms. The molecule has 0 unspecified atom stereocenters. The SMILES string of the molecule is COC(=O)Cn1c(=NC(=O)CN2C(=O)c3ccccc3C2=O)sc2cc(Br)ccc21. The van der Waals surface area contributed by atoms with Gasteiger partial charge in [0.2, 0.25) is 0 Å². The van der Waals surface area contributed by atoms with Crippen molar-refractivity contribution in [3.63, 3.8) is 0 Å². The normalized spacial score (nSPS) is 13.8. The molecule has 0 saturated carbocycles. The van der Waals surface area contributed by atoms with Crippen LogP contribution < -0.4 is 4.80 Å². The summed E-state index contributed by atoms with van der Waals surface area (Å²) < 4.78 is 7.95. The fourth-order valence-electron chi connectivity index (χ4n) is 3.14. The van der Waals surface area contributed by atoms with Crippen LogP contribution in [-0.4, -0.2) is 46.8 Å². The molecule has 0 aliphatic carbocycles. The summed E-state index contributed by atoms with van der Waals surface area (Å²) in [4.78, 5) is 54.6. The van der Waals surface area contributed by atoms with Crippen LogP contribution in [-0.2, 0) is 20.9 Å². The Balaban J connectivity index is 1.68. The fourth-order valence-corrected chi connectivity index (χ4v) is 4.74. The molecule has 0 fully saturated rings. The number of methoxy groups -OCH3 is 1. The maximum absolute atomic E-state index is 12.6. The number of imide groups is 1. The molecular formula is C20H14BrN3O5S. The number of nitrogens with zero attached hydrogens (tertiary/aromatic N) is 3. The summed E-state index contributed by atoms with van der Waals surface area (Å²) in [7, 11) is 1.28. The van der Waals surface area contributed by atoms with Gasteiger partial charge in [0.05, 0.1) is 28.5 Å². The van der Waals surface area contributed by atoms with Gasteiger partial charge in [0.25, 0.3) is 17.7 Å². The highest BCUT2D eigenvalue weighted by Gasteiger charge is 2.36. The number of halogens is 1. The minimum absolute atomic E-state index is 0.128. The summed E-state index contributed by atoms with van der Waals surface area (Å²) in [6.45, 7) is -0.611. The highest BCUT2D eigenvalue weighted by Crippen LogP contribution is 2.23. The number of aromatic nitrogens is 1. The molecule has 3 amide bonds. The van der Waals surface area contributed by atoms with Crippen molar-refractivity contribution in [1.82, 2.24) is 9.47 Å². The Bertz CT molecular complexity index is 1260. The van der Waals surface area contributed by atoms with Gasteiger partial charge in [0, 0.05) is 4.47 Å². The first-order valence-corrected chi connectivity index (χ1v) is 10.4. The van der Waals surface area contributed by atoms with Crippen molar-refractivity contribution >= 4 is 61.2 Å². The van der Waals surface area contributed by atoms with Crippen molar-refractivity contribution < 1.29 is 23.9 Å². The van der Waals surface area contributed by atoms with Crippen LogP contribution in [0.15, 0.2) is 51.9 Å². The molecule has 1 aliphatic heterocycles. The molecule has 152 valence electrons. The van der Waals surface area contributed by atoms with Crippen LogP contribution in [0.25, 0.3) is 10.2 Å². The first kappa shape index (κ1) is 20.2. The largest absolute Gasteiger partial charge is 0.468 e. The first-order valence-electron chi connectivity index (χ1n) is 8.77. The van der Waals surface area contributed by atoms with Gasteiger partial charge in [-0.25, -0.2) is 0 Å². The van der Waals surface area contributed by atoms with E-state index in [1.165, 1.54) is 18.4 Å². The van der Waals surface area contributed by atoms with Crippen molar-refractivity contribution in [3.05, 3.63) is 62.9 Å². The highest BCUT2D eigenvalue weighted by molar-refractivity contribution is 9.10. The van der Waals surface area contributed by atoms with Gasteiger partial charge < -0.3 is 9.30 Å². The third-order valence-corrected chi connectivity index (χ3v) is 6.09. The molecule has 1 aromatic heterocycles. The van der Waals surface area contributed by atoms with Crippen LogP contribution in [0.2, 0.25) is 0 Å². The highest BCUT2D eigenvalue weighted by atomic mass is 79.9. The number of hydrogen-bond donors (Lipinski definition) is 0. The van der Waals surface area contributed by atoms with Gasteiger partial charge in [0.1, 0.15) is 13.1 Å². The number of thiazole rings is 1. The molecule has 0 saturated heterocycles. The number of carbonyl (C=O) groups excluding carboxylic acids is 4. The number of fused-ring (bicyclic) bond motifs is 2. The molecule has 8 nitrogen and oxygen atoms in total. The van der Waals surface area contributed by atoms with Crippen molar-refractivity contribution in [2.24, 2.45) is 4.99 Å². The summed E-state index contributed by atoms with van der Waals surface area (Å²) in [5.41, 5.74) is 1.24. The summed E-state index contributed by atoms with van der Waals surface area (Å²) in [5, 5.41) is 0. The van der Waals surface area contributed by atoms with Crippen molar-refractivity contribution in [2.75, 3.05) is 13.7 Å². The Morgan fingerprint density at radius 1 is 1.07 bits per heavy atom. The summed E-state index contributed by atoms with van der Waals surface area (Å²) >= 11 is 4.61. The summed E-state index contributed by atoms with van der Waals surface area (Å²) in [6, 6.07) is 11.9. The lowest BCUT2D eigenvalue weighted by Gasteiger charge is -2.10. The fraction of sp³-hybridized carbons (Fsp3) is 0.150. The van der Waals surface area contributed by atoms with Crippen molar-refractivity contribution in [3.8, 4) is 0 Å². The molecule has 2 aromatic carbocycles. The Labute approximate surface area is 182 Å². The Hall–Kier alpha value is -3.11. The van der Waals surface area contributed by atoms with E-state index in [4.69, 9.17) is 4.74 Å². The van der Waals surface area contributed by atoms with E-state index >= 15 is 0 Å². The molecule has 10 heteroatoms. The van der Waals surface area contributed by atoms with Crippen LogP contribution in [0.4, 0.5) is 0 Å². The number of esters is 1. The first-order chi connectivity index (χ1) is 14.4. The zero-order valence-corrected chi connectivity index (χ0v) is 18.0. The Kier molecular flexibility index (Phi) is 5.35. The average molecular weight is 488 g/mol. The number of amides is 3. The number of carbonyl (C=O) groups is 4. The molecule has 3 aromatic rings. The van der Waals surface area contributed by atoms with Crippen LogP contribution >= 0.6 is 27.3 Å². The molecular weight excluding hydrogens is 474 g/mol. The average Bonchev–Trinajstić information content (AvgIpc) is 3.17. The molecule has 1 aliphatic rings. The zero-order chi connectivity index (χ0) is 21.4. The number of ether oxygens (including phenoxy) is 1. The van der Waals surface area contributed by atoms with Crippen LogP contribution in [0.3, 0.4) is 0 Å². The maximum Gasteiger partial charge on any atom is 0.325 e. The molecule has 2 heterocycles. The standard InChI is InChI=1S/C20H14BrN3O5S/c1-29-17(26)10-23-14-7-6-11(21)8-15(14)30-20(23)22-16(25)9-24-18(27)12-4-2-3-5-13(12)19(24)28/h2-8H,9-10H2,1H3. The topological polar surface area (TPSA) is 98.0 Å². The Morgan fingerprint density at radius 3 is 2.37 bits per heavy atom. The molecule has 0 radical (unpaired) electrons. The Morgan fingerprint density at radius 2 is 1.73 bits per heavy atom. The van der Waals surface area contributed by atoms with E-state index in [0.717, 1.165) is 14.1 Å². The van der Waals surface area contributed by atoms with Gasteiger partial charge >= 0.3 is 5.97 Å². The summed E-state index contributed by atoms with van der Waals surface area (Å²) in [6.07, 6.45) is 0. The van der Waals surface area contributed by atoms with Crippen molar-refractivity contribution in [1.29, 1.82) is 0 Å². The number of rotatable bonds is 4. The van der Waals surface area contributed by atoms with E-state index < -0.39 is 30.2 Å². The van der Waals surface area contributed by atoms with Crippen LogP contribution in [0, 0.1) is 0 Å². The quantitative estimate of drug-likeness (QED) is 0.415. The lowest BCUT2D eigenvalue weighted by molar-refractivity contribution is -0.141. The lowest BCUT2D eigenvalue weighted by atomic mass is 10.1. The lowest BCUT2D eigenvalue weighted by Crippen LogP contribution is -2.35. The summed E-state index contributed by atoms with van der Waals surface area (Å²) in [5.74, 6) is -2.22. The zero-order valence-electron chi connectivity index (χ0n) is 15.6. The van der Waals surface area contributed by atoms with Crippen molar-refractivity contribution in [2.45, 2.75) is 6.54 Å². The second-order valence-electron chi connectivity index (χ2n) is 6.41. The van der Waals surface area contributed by atoms with E-state index in [2.05, 4.69) is 20.9 Å². The van der Waals surface area contributed by atoms with E-state index in [0.29, 0.717) is 5.52 Å². The minimum Gasteiger partial charge on any atom is -0.468 e. The third kappa shape index (κ3) is 3.59. The smallest absolute Gasteiger partial charge is 0.325 e. The molecule has 0 atom stereocenters. The molecule has 30 heavy (non-hydrogen) atoms. The van der Waals surface area contributed by atoms with Gasteiger partial charge in [-0.2, -0.15) is 4.99 Å². The van der Waals surface area contributed by atoms with E-state index in [-0.39, 0.29) is 22.5 Å². The number of hydrogen-bond acceptors (Lipinski definition) is 6. The molecule has 0 N–H and O–H groups in total.